The zero-order valence-electron chi connectivity index (χ0n) is 13.7. The van der Waals surface area contributed by atoms with Crippen molar-refractivity contribution in [2.75, 3.05) is 0 Å². The van der Waals surface area contributed by atoms with Crippen LogP contribution in [-0.2, 0) is 16.0 Å². The van der Waals surface area contributed by atoms with Gasteiger partial charge in [0.05, 0.1) is 12.3 Å². The molecular weight excluding hydrogens is 375 g/mol. The first-order chi connectivity index (χ1) is 12.2. The van der Waals surface area contributed by atoms with E-state index in [0.29, 0.717) is 5.56 Å². The third-order valence-electron chi connectivity index (χ3n) is 4.46. The molecule has 2 aliphatic rings. The highest BCUT2D eigenvalue weighted by Crippen LogP contribution is 2.44. The fraction of sp³-hybridized carbons (Fsp3) is 0.571. The van der Waals surface area contributed by atoms with Gasteiger partial charge in [-0.2, -0.15) is 19.2 Å². The minimum absolute atomic E-state index is 0.0982. The van der Waals surface area contributed by atoms with Crippen molar-refractivity contribution < 1.29 is 26.7 Å². The van der Waals surface area contributed by atoms with Crippen molar-refractivity contribution in [1.29, 1.82) is 0 Å². The number of aliphatic imine (C=N–C) groups is 1. The Hall–Kier alpha value is -1.76. The van der Waals surface area contributed by atoms with Gasteiger partial charge in [0.1, 0.15) is 0 Å². The van der Waals surface area contributed by atoms with E-state index in [-0.39, 0.29) is 18.4 Å². The van der Waals surface area contributed by atoms with Gasteiger partial charge >= 0.3 is 0 Å². The molecule has 0 spiro atoms. The summed E-state index contributed by atoms with van der Waals surface area (Å²) in [7, 11) is 0. The number of alkyl halides is 2. The van der Waals surface area contributed by atoms with E-state index in [0.717, 1.165) is 6.20 Å². The quantitative estimate of drug-likeness (QED) is 0.400. The topological polar surface area (TPSA) is 114 Å². The third-order valence-corrected chi connectivity index (χ3v) is 4.90. The van der Waals surface area contributed by atoms with E-state index in [2.05, 4.69) is 20.5 Å². The molecule has 0 saturated heterocycles. The molecule has 26 heavy (non-hydrogen) atoms. The fourth-order valence-electron chi connectivity index (χ4n) is 3.16. The van der Waals surface area contributed by atoms with E-state index < -0.39 is 47.6 Å². The van der Waals surface area contributed by atoms with E-state index in [9.17, 15) is 21.9 Å². The van der Waals surface area contributed by atoms with Crippen LogP contribution in [0, 0.1) is 0 Å². The number of rotatable bonds is 5. The second-order valence-electron chi connectivity index (χ2n) is 6.25. The Morgan fingerprint density at radius 1 is 1.50 bits per heavy atom. The van der Waals surface area contributed by atoms with Crippen molar-refractivity contribution in [2.24, 2.45) is 4.99 Å². The molecule has 3 rings (SSSR count). The number of hydrogen-bond acceptors (Lipinski definition) is 6. The number of ether oxygens (including phenoxy) is 1. The normalized spacial score (nSPS) is 32.3. The summed E-state index contributed by atoms with van der Waals surface area (Å²) in [6, 6.07) is 0. The molecule has 1 saturated carbocycles. The zero-order chi connectivity index (χ0) is 18.9. The monoisotopic (exact) mass is 392 g/mol. The van der Waals surface area contributed by atoms with E-state index in [1.54, 1.807) is 6.20 Å². The first-order valence-corrected chi connectivity index (χ1v) is 8.89. The molecule has 4 atom stereocenters. The summed E-state index contributed by atoms with van der Waals surface area (Å²) in [4.78, 5) is 3.57. The smallest absolute Gasteiger partial charge is 0.286 e. The number of H-pyrrole nitrogens is 1. The van der Waals surface area contributed by atoms with Crippen molar-refractivity contribution >= 4 is 17.4 Å². The lowest BCUT2D eigenvalue weighted by Gasteiger charge is -2.42. The number of hydrogen-bond donors (Lipinski definition) is 3. The summed E-state index contributed by atoms with van der Waals surface area (Å²) < 4.78 is 71.8. The van der Waals surface area contributed by atoms with Crippen LogP contribution in [0.1, 0.15) is 37.7 Å². The van der Waals surface area contributed by atoms with Crippen LogP contribution in [0.3, 0.4) is 0 Å². The largest absolute Gasteiger partial charge is 0.760 e. The molecule has 144 valence electrons. The molecule has 0 radical (unpaired) electrons. The zero-order valence-corrected chi connectivity index (χ0v) is 14.5. The molecule has 8 nitrogen and oxygen atoms in total. The summed E-state index contributed by atoms with van der Waals surface area (Å²) >= 11 is -2.88. The average molecular weight is 392 g/mol. The number of aromatic nitrogens is 2. The van der Waals surface area contributed by atoms with Crippen molar-refractivity contribution in [2.45, 2.75) is 50.0 Å². The molecule has 1 fully saturated rings. The van der Waals surface area contributed by atoms with Gasteiger partial charge in [-0.3, -0.25) is 9.31 Å². The summed E-state index contributed by atoms with van der Waals surface area (Å²) in [5.74, 6) is -5.61. The molecule has 0 amide bonds. The third kappa shape index (κ3) is 3.98. The van der Waals surface area contributed by atoms with Gasteiger partial charge in [-0.15, -0.1) is 0 Å². The lowest BCUT2D eigenvalue weighted by atomic mass is 9.80. The van der Waals surface area contributed by atoms with Crippen LogP contribution in [0.5, 0.6) is 0 Å². The van der Waals surface area contributed by atoms with Gasteiger partial charge in [0, 0.05) is 48.0 Å². The highest BCUT2D eigenvalue weighted by atomic mass is 32.2. The first-order valence-electron chi connectivity index (χ1n) is 7.81. The summed E-state index contributed by atoms with van der Waals surface area (Å²) in [6.07, 6.45) is 1.09. The average Bonchev–Trinajstić information content (AvgIpc) is 3.04. The molecule has 2 heterocycles. The lowest BCUT2D eigenvalue weighted by molar-refractivity contribution is -0.150. The standard InChI is InChI=1S/C14H18F3N5O3S/c1-8-5-18-12(15)21-14(8,22-26(23)24)25-11-4-13(16,17)3-2-10(11)9-6-19-20-7-9/h5-7,10-11,22H,2-4H2,1H3,(H,18,21)(H,19,20)(H,23,24)/p-1/t10-,11+,14?/m1/s1. The van der Waals surface area contributed by atoms with Crippen LogP contribution >= 0.6 is 0 Å². The van der Waals surface area contributed by atoms with E-state index >= 15 is 0 Å². The van der Waals surface area contributed by atoms with E-state index in [1.165, 1.54) is 13.1 Å². The van der Waals surface area contributed by atoms with Crippen LogP contribution in [0.15, 0.2) is 29.2 Å². The Balaban J connectivity index is 1.95. The minimum atomic E-state index is -2.99. The number of nitrogens with zero attached hydrogens (tertiary/aromatic N) is 2. The predicted molar refractivity (Wildman–Crippen MR) is 85.2 cm³/mol. The molecule has 1 aliphatic carbocycles. The van der Waals surface area contributed by atoms with Crippen LogP contribution in [0.25, 0.3) is 0 Å². The number of amidine groups is 1. The van der Waals surface area contributed by atoms with E-state index in [1.807, 2.05) is 4.72 Å². The predicted octanol–water partition coefficient (Wildman–Crippen LogP) is 1.57. The summed E-state index contributed by atoms with van der Waals surface area (Å²) in [5, 5.41) is 8.62. The molecule has 0 aromatic carbocycles. The van der Waals surface area contributed by atoms with Gasteiger partial charge in [0.15, 0.2) is 0 Å². The molecule has 1 aromatic heterocycles. The van der Waals surface area contributed by atoms with Crippen LogP contribution in [-0.4, -0.2) is 42.9 Å². The first kappa shape index (κ1) is 19.0. The second-order valence-corrected chi connectivity index (χ2v) is 6.92. The van der Waals surface area contributed by atoms with Gasteiger partial charge in [-0.1, -0.05) is 0 Å². The Labute approximate surface area is 149 Å². The maximum Gasteiger partial charge on any atom is 0.286 e. The fourth-order valence-corrected chi connectivity index (χ4v) is 3.64. The van der Waals surface area contributed by atoms with Crippen molar-refractivity contribution in [1.82, 2.24) is 20.2 Å². The van der Waals surface area contributed by atoms with Gasteiger partial charge in [0.2, 0.25) is 0 Å². The molecule has 3 N–H and O–H groups in total. The molecular formula is C14H17F3N5O3S-. The Morgan fingerprint density at radius 3 is 2.92 bits per heavy atom. The maximum absolute atomic E-state index is 14.0. The van der Waals surface area contributed by atoms with Gasteiger partial charge in [-0.25, -0.2) is 8.78 Å². The molecule has 0 bridgehead atoms. The maximum atomic E-state index is 14.0. The molecule has 1 aliphatic heterocycles. The Bertz CT molecular complexity index is 742. The highest BCUT2D eigenvalue weighted by Gasteiger charge is 2.48. The SMILES string of the molecule is CC1=CNC(F)=NC1(NS(=O)[O-])O[C@H]1CC(F)(F)CC[C@@H]1c1cn[nH]c1. The van der Waals surface area contributed by atoms with Gasteiger partial charge in [0.25, 0.3) is 17.9 Å². The Kier molecular flexibility index (Phi) is 5.19. The molecule has 2 unspecified atom stereocenters. The van der Waals surface area contributed by atoms with Crippen molar-refractivity contribution in [3.63, 3.8) is 0 Å². The van der Waals surface area contributed by atoms with Crippen LogP contribution < -0.4 is 10.0 Å². The molecule has 12 heteroatoms. The Morgan fingerprint density at radius 2 is 2.27 bits per heavy atom. The second kappa shape index (κ2) is 7.10. The summed E-state index contributed by atoms with van der Waals surface area (Å²) in [5.41, 5.74) is 0.812. The van der Waals surface area contributed by atoms with Crippen molar-refractivity contribution in [3.8, 4) is 0 Å². The number of aromatic amines is 1. The summed E-state index contributed by atoms with van der Waals surface area (Å²) in [6.45, 7) is 1.44. The van der Waals surface area contributed by atoms with Gasteiger partial charge in [-0.05, 0) is 18.9 Å². The van der Waals surface area contributed by atoms with Crippen LogP contribution in [0.2, 0.25) is 0 Å². The minimum Gasteiger partial charge on any atom is -0.760 e. The van der Waals surface area contributed by atoms with Crippen molar-refractivity contribution in [3.05, 3.63) is 29.7 Å². The number of nitrogens with one attached hydrogen (secondary N) is 3. The molecule has 1 aromatic rings. The lowest BCUT2D eigenvalue weighted by Crippen LogP contribution is -2.55. The van der Waals surface area contributed by atoms with Gasteiger partial charge < -0.3 is 14.6 Å². The highest BCUT2D eigenvalue weighted by molar-refractivity contribution is 7.77. The number of halogens is 3. The van der Waals surface area contributed by atoms with E-state index in [4.69, 9.17) is 4.74 Å². The van der Waals surface area contributed by atoms with Crippen LogP contribution in [0.4, 0.5) is 13.2 Å².